The molecule has 146 valence electrons. The number of methoxy groups -OCH3 is 1. The third kappa shape index (κ3) is 4.91. The molecule has 6 heteroatoms. The van der Waals surface area contributed by atoms with Gasteiger partial charge in [0.25, 0.3) is 0 Å². The van der Waals surface area contributed by atoms with E-state index in [0.29, 0.717) is 5.95 Å². The van der Waals surface area contributed by atoms with Crippen molar-refractivity contribution in [2.75, 3.05) is 35.7 Å². The minimum atomic E-state index is 0.538. The lowest BCUT2D eigenvalue weighted by atomic mass is 10.2. The zero-order valence-electron chi connectivity index (χ0n) is 16.9. The number of ether oxygens (including phenoxy) is 1. The molecular formula is C22H27N5O. The van der Waals surface area contributed by atoms with Crippen molar-refractivity contribution in [3.63, 3.8) is 0 Å². The number of nitrogens with one attached hydrogen (secondary N) is 2. The molecular weight excluding hydrogens is 350 g/mol. The summed E-state index contributed by atoms with van der Waals surface area (Å²) in [5, 5.41) is 6.60. The van der Waals surface area contributed by atoms with E-state index < -0.39 is 0 Å². The van der Waals surface area contributed by atoms with Gasteiger partial charge in [0.15, 0.2) is 0 Å². The van der Waals surface area contributed by atoms with Crippen LogP contribution in [0, 0.1) is 6.92 Å². The standard InChI is InChI=1S/C22H27N5O/c1-5-27(6-2)19-12-10-17(11-13-19)24-21-14-16(3)23-22(26-21)25-18-8-7-9-20(15-18)28-4/h7-15H,5-6H2,1-4H3,(H2,23,24,25,26). The Kier molecular flexibility index (Phi) is 6.32. The second-order valence-corrected chi connectivity index (χ2v) is 6.42. The second kappa shape index (κ2) is 9.08. The first-order valence-corrected chi connectivity index (χ1v) is 9.50. The number of rotatable bonds is 8. The van der Waals surface area contributed by atoms with E-state index in [2.05, 4.69) is 63.6 Å². The van der Waals surface area contributed by atoms with Crippen molar-refractivity contribution in [1.82, 2.24) is 9.97 Å². The van der Waals surface area contributed by atoms with Crippen LogP contribution >= 0.6 is 0 Å². The predicted octanol–water partition coefficient (Wildman–Crippen LogP) is 5.13. The molecule has 0 saturated heterocycles. The van der Waals surface area contributed by atoms with E-state index in [4.69, 9.17) is 4.74 Å². The largest absolute Gasteiger partial charge is 0.497 e. The van der Waals surface area contributed by atoms with Crippen molar-refractivity contribution in [2.45, 2.75) is 20.8 Å². The maximum Gasteiger partial charge on any atom is 0.229 e. The highest BCUT2D eigenvalue weighted by molar-refractivity contribution is 5.63. The van der Waals surface area contributed by atoms with Gasteiger partial charge in [-0.05, 0) is 57.2 Å². The highest BCUT2D eigenvalue weighted by atomic mass is 16.5. The van der Waals surface area contributed by atoms with Gasteiger partial charge in [-0.25, -0.2) is 4.98 Å². The quantitative estimate of drug-likeness (QED) is 0.568. The normalized spacial score (nSPS) is 10.4. The summed E-state index contributed by atoms with van der Waals surface area (Å²) in [5.41, 5.74) is 3.96. The Morgan fingerprint density at radius 3 is 2.32 bits per heavy atom. The van der Waals surface area contributed by atoms with Crippen molar-refractivity contribution in [3.05, 3.63) is 60.3 Å². The molecule has 0 radical (unpaired) electrons. The van der Waals surface area contributed by atoms with Crippen molar-refractivity contribution < 1.29 is 4.74 Å². The summed E-state index contributed by atoms with van der Waals surface area (Å²) in [6.45, 7) is 8.26. The van der Waals surface area contributed by atoms with E-state index in [0.717, 1.165) is 41.7 Å². The third-order valence-electron chi connectivity index (χ3n) is 4.45. The van der Waals surface area contributed by atoms with Gasteiger partial charge in [0.05, 0.1) is 7.11 Å². The number of nitrogens with zero attached hydrogens (tertiary/aromatic N) is 3. The monoisotopic (exact) mass is 377 g/mol. The van der Waals surface area contributed by atoms with Crippen LogP contribution in [0.1, 0.15) is 19.5 Å². The highest BCUT2D eigenvalue weighted by Gasteiger charge is 2.06. The van der Waals surface area contributed by atoms with Gasteiger partial charge in [0.2, 0.25) is 5.95 Å². The first-order chi connectivity index (χ1) is 13.6. The van der Waals surface area contributed by atoms with Crippen molar-refractivity contribution in [2.24, 2.45) is 0 Å². The number of anilines is 5. The molecule has 0 aliphatic rings. The minimum Gasteiger partial charge on any atom is -0.497 e. The van der Waals surface area contributed by atoms with Crippen LogP contribution < -0.4 is 20.3 Å². The van der Waals surface area contributed by atoms with Crippen LogP contribution in [-0.4, -0.2) is 30.2 Å². The summed E-state index contributed by atoms with van der Waals surface area (Å²) < 4.78 is 5.26. The van der Waals surface area contributed by atoms with Gasteiger partial charge >= 0.3 is 0 Å². The van der Waals surface area contributed by atoms with Crippen molar-refractivity contribution in [1.29, 1.82) is 0 Å². The van der Waals surface area contributed by atoms with Gasteiger partial charge in [-0.1, -0.05) is 6.07 Å². The zero-order valence-corrected chi connectivity index (χ0v) is 16.9. The molecule has 0 saturated carbocycles. The Balaban J connectivity index is 1.76. The maximum atomic E-state index is 5.26. The SMILES string of the molecule is CCN(CC)c1ccc(Nc2cc(C)nc(Nc3cccc(OC)c3)n2)cc1. The van der Waals surface area contributed by atoms with Gasteiger partial charge in [-0.3, -0.25) is 0 Å². The van der Waals surface area contributed by atoms with Gasteiger partial charge in [0.1, 0.15) is 11.6 Å². The van der Waals surface area contributed by atoms with E-state index in [1.54, 1.807) is 7.11 Å². The molecule has 0 aliphatic heterocycles. The summed E-state index contributed by atoms with van der Waals surface area (Å²) in [6.07, 6.45) is 0. The number of hydrogen-bond acceptors (Lipinski definition) is 6. The average molecular weight is 377 g/mol. The summed E-state index contributed by atoms with van der Waals surface area (Å²) in [6, 6.07) is 18.0. The fourth-order valence-electron chi connectivity index (χ4n) is 3.01. The molecule has 1 heterocycles. The van der Waals surface area contributed by atoms with Crippen molar-refractivity contribution in [3.8, 4) is 5.75 Å². The van der Waals surface area contributed by atoms with E-state index >= 15 is 0 Å². The van der Waals surface area contributed by atoms with Gasteiger partial charge in [-0.15, -0.1) is 0 Å². The van der Waals surface area contributed by atoms with Crippen LogP contribution in [0.5, 0.6) is 5.75 Å². The Bertz CT molecular complexity index is 907. The van der Waals surface area contributed by atoms with Crippen LogP contribution in [0.25, 0.3) is 0 Å². The number of benzene rings is 2. The first-order valence-electron chi connectivity index (χ1n) is 9.50. The molecule has 3 aromatic rings. The lowest BCUT2D eigenvalue weighted by molar-refractivity contribution is 0.415. The van der Waals surface area contributed by atoms with Crippen LogP contribution in [0.2, 0.25) is 0 Å². The molecule has 0 unspecified atom stereocenters. The molecule has 28 heavy (non-hydrogen) atoms. The molecule has 0 atom stereocenters. The van der Waals surface area contributed by atoms with Crippen LogP contribution in [0.15, 0.2) is 54.6 Å². The maximum absolute atomic E-state index is 5.26. The van der Waals surface area contributed by atoms with Crippen LogP contribution in [-0.2, 0) is 0 Å². The minimum absolute atomic E-state index is 0.538. The highest BCUT2D eigenvalue weighted by Crippen LogP contribution is 2.23. The van der Waals surface area contributed by atoms with E-state index in [9.17, 15) is 0 Å². The topological polar surface area (TPSA) is 62.3 Å². The zero-order chi connectivity index (χ0) is 19.9. The lowest BCUT2D eigenvalue weighted by Gasteiger charge is -2.21. The molecule has 0 bridgehead atoms. The van der Waals surface area contributed by atoms with Gasteiger partial charge in [0, 0.05) is 48.0 Å². The fraction of sp³-hybridized carbons (Fsp3) is 0.273. The Labute approximate surface area is 166 Å². The van der Waals surface area contributed by atoms with Crippen LogP contribution in [0.3, 0.4) is 0 Å². The number of aryl methyl sites for hydroxylation is 1. The molecule has 0 spiro atoms. The van der Waals surface area contributed by atoms with E-state index in [1.807, 2.05) is 37.3 Å². The van der Waals surface area contributed by atoms with Gasteiger partial charge < -0.3 is 20.3 Å². The summed E-state index contributed by atoms with van der Waals surface area (Å²) in [4.78, 5) is 11.4. The van der Waals surface area contributed by atoms with E-state index in [-0.39, 0.29) is 0 Å². The number of hydrogen-bond donors (Lipinski definition) is 2. The summed E-state index contributed by atoms with van der Waals surface area (Å²) >= 11 is 0. The molecule has 6 nitrogen and oxygen atoms in total. The molecule has 3 rings (SSSR count). The molecule has 2 N–H and O–H groups in total. The molecule has 1 aromatic heterocycles. The lowest BCUT2D eigenvalue weighted by Crippen LogP contribution is -2.21. The second-order valence-electron chi connectivity index (χ2n) is 6.42. The van der Waals surface area contributed by atoms with Crippen molar-refractivity contribution >= 4 is 28.8 Å². The fourth-order valence-corrected chi connectivity index (χ4v) is 3.01. The molecule has 0 amide bonds. The first kappa shape index (κ1) is 19.5. The average Bonchev–Trinajstić information content (AvgIpc) is 2.70. The van der Waals surface area contributed by atoms with Crippen LogP contribution in [0.4, 0.5) is 28.8 Å². The molecule has 0 fully saturated rings. The third-order valence-corrected chi connectivity index (χ3v) is 4.45. The molecule has 0 aliphatic carbocycles. The molecule has 2 aromatic carbocycles. The Hall–Kier alpha value is -3.28. The van der Waals surface area contributed by atoms with Gasteiger partial charge in [-0.2, -0.15) is 4.98 Å². The Morgan fingerprint density at radius 2 is 1.64 bits per heavy atom. The Morgan fingerprint density at radius 1 is 0.893 bits per heavy atom. The predicted molar refractivity (Wildman–Crippen MR) is 116 cm³/mol. The van der Waals surface area contributed by atoms with E-state index in [1.165, 1.54) is 5.69 Å². The summed E-state index contributed by atoms with van der Waals surface area (Å²) in [7, 11) is 1.65. The smallest absolute Gasteiger partial charge is 0.229 e. The summed E-state index contributed by atoms with van der Waals surface area (Å²) in [5.74, 6) is 2.06. The number of aromatic nitrogens is 2.